The van der Waals surface area contributed by atoms with Crippen LogP contribution in [-0.4, -0.2) is 6.18 Å². The van der Waals surface area contributed by atoms with E-state index in [1.807, 2.05) is 6.92 Å². The number of hydrogen-bond donors (Lipinski definition) is 0. The molecule has 0 atom stereocenters. The summed E-state index contributed by atoms with van der Waals surface area (Å²) in [5.74, 6) is 0. The first-order valence-electron chi connectivity index (χ1n) is 5.47. The highest BCUT2D eigenvalue weighted by Gasteiger charge is 2.24. The van der Waals surface area contributed by atoms with Crippen molar-refractivity contribution in [2.24, 2.45) is 0 Å². The first-order chi connectivity index (χ1) is 7.92. The number of benzene rings is 1. The molecule has 1 aromatic rings. The van der Waals surface area contributed by atoms with Gasteiger partial charge in [0, 0.05) is 11.1 Å². The number of alkyl halides is 3. The van der Waals surface area contributed by atoms with Crippen molar-refractivity contribution < 1.29 is 13.2 Å². The summed E-state index contributed by atoms with van der Waals surface area (Å²) in [6.07, 6.45) is -1.86. The van der Waals surface area contributed by atoms with Crippen LogP contribution in [0.5, 0.6) is 0 Å². The van der Waals surface area contributed by atoms with Gasteiger partial charge >= 0.3 is 6.18 Å². The number of rotatable bonds is 4. The van der Waals surface area contributed by atoms with E-state index < -0.39 is 6.18 Å². The van der Waals surface area contributed by atoms with Crippen LogP contribution < -0.4 is 0 Å². The van der Waals surface area contributed by atoms with E-state index in [0.29, 0.717) is 28.7 Å². The molecule has 0 spiro atoms. The van der Waals surface area contributed by atoms with Crippen LogP contribution in [0.25, 0.3) is 5.57 Å². The first-order valence-corrected chi connectivity index (χ1v) is 5.84. The summed E-state index contributed by atoms with van der Waals surface area (Å²) in [5.41, 5.74) is 0.899. The molecule has 0 aliphatic heterocycles. The van der Waals surface area contributed by atoms with Gasteiger partial charge < -0.3 is 0 Å². The fourth-order valence-electron chi connectivity index (χ4n) is 1.53. The normalized spacial score (nSPS) is 12.9. The van der Waals surface area contributed by atoms with Crippen molar-refractivity contribution in [1.29, 1.82) is 0 Å². The summed E-state index contributed by atoms with van der Waals surface area (Å²) in [4.78, 5) is 0. The third-order valence-electron chi connectivity index (χ3n) is 2.35. The Morgan fingerprint density at radius 2 is 1.82 bits per heavy atom. The van der Waals surface area contributed by atoms with Gasteiger partial charge in [-0.15, -0.1) is 0 Å². The fraction of sp³-hybridized carbons (Fsp3) is 0.385. The molecule has 0 aliphatic carbocycles. The lowest BCUT2D eigenvalue weighted by atomic mass is 10.00. The van der Waals surface area contributed by atoms with Gasteiger partial charge in [0.2, 0.25) is 0 Å². The van der Waals surface area contributed by atoms with E-state index in [0.717, 1.165) is 12.8 Å². The lowest BCUT2D eigenvalue weighted by molar-refractivity contribution is -0.0794. The maximum absolute atomic E-state index is 12.4. The molecule has 0 unspecified atom stereocenters. The van der Waals surface area contributed by atoms with Gasteiger partial charge in [-0.05, 0) is 36.1 Å². The average Bonchev–Trinajstić information content (AvgIpc) is 2.24. The van der Waals surface area contributed by atoms with Gasteiger partial charge in [-0.2, -0.15) is 13.2 Å². The molecule has 0 N–H and O–H groups in total. The molecule has 0 amide bonds. The van der Waals surface area contributed by atoms with Crippen molar-refractivity contribution in [1.82, 2.24) is 0 Å². The van der Waals surface area contributed by atoms with Gasteiger partial charge in [-0.25, -0.2) is 0 Å². The number of allylic oxidation sites excluding steroid dienone is 2. The van der Waals surface area contributed by atoms with Crippen molar-refractivity contribution in [3.63, 3.8) is 0 Å². The minimum atomic E-state index is -4.28. The Balaban J connectivity index is 2.97. The van der Waals surface area contributed by atoms with Crippen LogP contribution in [0.4, 0.5) is 13.2 Å². The zero-order valence-electron chi connectivity index (χ0n) is 9.52. The van der Waals surface area contributed by atoms with Crippen molar-refractivity contribution in [2.45, 2.75) is 32.4 Å². The zero-order chi connectivity index (χ0) is 12.9. The van der Waals surface area contributed by atoms with Gasteiger partial charge in [0.05, 0.1) is 0 Å². The number of unbranched alkanes of at least 4 members (excludes halogenated alkanes) is 1. The summed E-state index contributed by atoms with van der Waals surface area (Å²) in [6.45, 7) is 1.95. The number of hydrogen-bond acceptors (Lipinski definition) is 0. The second-order valence-corrected chi connectivity index (χ2v) is 4.26. The van der Waals surface area contributed by atoms with Crippen molar-refractivity contribution >= 4 is 17.2 Å². The molecule has 0 aliphatic rings. The van der Waals surface area contributed by atoms with Crippen LogP contribution in [0.15, 0.2) is 30.3 Å². The topological polar surface area (TPSA) is 0 Å². The molecular weight excluding hydrogens is 249 g/mol. The third-order valence-corrected chi connectivity index (χ3v) is 2.60. The summed E-state index contributed by atoms with van der Waals surface area (Å²) in [6, 6.07) is 6.45. The molecule has 17 heavy (non-hydrogen) atoms. The predicted octanol–water partition coefficient (Wildman–Crippen LogP) is 5.48. The first kappa shape index (κ1) is 14.1. The monoisotopic (exact) mass is 262 g/mol. The van der Waals surface area contributed by atoms with E-state index in [4.69, 9.17) is 11.6 Å². The van der Waals surface area contributed by atoms with Gasteiger partial charge in [0.25, 0.3) is 0 Å². The van der Waals surface area contributed by atoms with Crippen molar-refractivity contribution in [2.75, 3.05) is 0 Å². The summed E-state index contributed by atoms with van der Waals surface area (Å²) in [7, 11) is 0. The van der Waals surface area contributed by atoms with E-state index in [1.54, 1.807) is 24.3 Å². The molecule has 0 saturated heterocycles. The lowest BCUT2D eigenvalue weighted by Gasteiger charge is -2.09. The molecule has 1 aromatic carbocycles. The van der Waals surface area contributed by atoms with Crippen LogP contribution >= 0.6 is 11.6 Å². The molecule has 0 bridgehead atoms. The van der Waals surface area contributed by atoms with Gasteiger partial charge in [0.15, 0.2) is 0 Å². The Morgan fingerprint density at radius 1 is 1.24 bits per heavy atom. The summed E-state index contributed by atoms with van der Waals surface area (Å²) >= 11 is 5.71. The van der Waals surface area contributed by atoms with E-state index in [9.17, 15) is 13.2 Å². The van der Waals surface area contributed by atoms with Gasteiger partial charge in [-0.1, -0.05) is 37.1 Å². The van der Waals surface area contributed by atoms with E-state index >= 15 is 0 Å². The Kier molecular flexibility index (Phi) is 5.06. The van der Waals surface area contributed by atoms with Crippen LogP contribution in [0.2, 0.25) is 5.02 Å². The largest absolute Gasteiger partial charge is 0.410 e. The quantitative estimate of drug-likeness (QED) is 0.674. The molecular formula is C13H14ClF3. The third kappa shape index (κ3) is 5.26. The van der Waals surface area contributed by atoms with Gasteiger partial charge in [0.1, 0.15) is 0 Å². The van der Waals surface area contributed by atoms with Gasteiger partial charge in [-0.3, -0.25) is 0 Å². The lowest BCUT2D eigenvalue weighted by Crippen LogP contribution is -2.03. The molecule has 0 aromatic heterocycles. The molecule has 0 radical (unpaired) electrons. The molecule has 0 saturated carbocycles. The molecule has 1 rings (SSSR count). The average molecular weight is 263 g/mol. The highest BCUT2D eigenvalue weighted by atomic mass is 35.5. The minimum Gasteiger partial charge on any atom is -0.167 e. The molecule has 0 nitrogen and oxygen atoms in total. The second kappa shape index (κ2) is 6.10. The van der Waals surface area contributed by atoms with E-state index in [2.05, 4.69) is 0 Å². The van der Waals surface area contributed by atoms with Crippen molar-refractivity contribution in [3.8, 4) is 0 Å². The SMILES string of the molecule is CCCCC(=CC(F)(F)F)c1ccc(Cl)cc1. The highest BCUT2D eigenvalue weighted by molar-refractivity contribution is 6.30. The molecule has 94 valence electrons. The second-order valence-electron chi connectivity index (χ2n) is 3.82. The van der Waals surface area contributed by atoms with Crippen molar-refractivity contribution in [3.05, 3.63) is 40.9 Å². The maximum atomic E-state index is 12.4. The minimum absolute atomic E-state index is 0.316. The Hall–Kier alpha value is -0.960. The standard InChI is InChI=1S/C13H14ClF3/c1-2-3-4-11(9-13(15,16)17)10-5-7-12(14)8-6-10/h5-9H,2-4H2,1H3. The summed E-state index contributed by atoms with van der Waals surface area (Å²) in [5, 5.41) is 0.524. The van der Waals surface area contributed by atoms with E-state index in [1.165, 1.54) is 0 Å². The predicted molar refractivity (Wildman–Crippen MR) is 65.0 cm³/mol. The molecule has 4 heteroatoms. The summed E-state index contributed by atoms with van der Waals surface area (Å²) < 4.78 is 37.2. The van der Waals surface area contributed by atoms with Crippen LogP contribution in [0.1, 0.15) is 31.7 Å². The smallest absolute Gasteiger partial charge is 0.167 e. The molecule has 0 heterocycles. The van der Waals surface area contributed by atoms with Crippen LogP contribution in [-0.2, 0) is 0 Å². The highest BCUT2D eigenvalue weighted by Crippen LogP contribution is 2.28. The van der Waals surface area contributed by atoms with E-state index in [-0.39, 0.29) is 0 Å². The Bertz CT molecular complexity index is 377. The van der Waals surface area contributed by atoms with Crippen LogP contribution in [0.3, 0.4) is 0 Å². The Labute approximate surface area is 104 Å². The fourth-order valence-corrected chi connectivity index (χ4v) is 1.65. The molecule has 0 fully saturated rings. The number of halogens is 4. The maximum Gasteiger partial charge on any atom is 0.410 e. The Morgan fingerprint density at radius 3 is 2.29 bits per heavy atom. The van der Waals surface area contributed by atoms with Crippen LogP contribution in [0, 0.1) is 0 Å². The zero-order valence-corrected chi connectivity index (χ0v) is 10.3.